The Morgan fingerprint density at radius 2 is 2.19 bits per heavy atom. The predicted octanol–water partition coefficient (Wildman–Crippen LogP) is 1.96. The number of rotatable bonds is 4. The number of hydrogen-bond acceptors (Lipinski definition) is 5. The zero-order chi connectivity index (χ0) is 14.8. The number of carbonyl (C=O) groups is 1. The molecular formula is C15H23N3O2S. The van der Waals surface area contributed by atoms with Crippen molar-refractivity contribution < 1.29 is 9.90 Å². The van der Waals surface area contributed by atoms with Gasteiger partial charge in [-0.05, 0) is 45.7 Å². The molecule has 2 aliphatic rings. The van der Waals surface area contributed by atoms with Crippen molar-refractivity contribution in [2.45, 2.75) is 51.2 Å². The lowest BCUT2D eigenvalue weighted by Crippen LogP contribution is -2.52. The molecular weight excluding hydrogens is 286 g/mol. The Labute approximate surface area is 129 Å². The van der Waals surface area contributed by atoms with Crippen molar-refractivity contribution in [1.82, 2.24) is 14.8 Å². The van der Waals surface area contributed by atoms with Gasteiger partial charge in [0.05, 0.1) is 10.7 Å². The number of hydrogen-bond donors (Lipinski definition) is 1. The van der Waals surface area contributed by atoms with Crippen LogP contribution in [0.1, 0.15) is 36.4 Å². The van der Waals surface area contributed by atoms with Crippen LogP contribution in [-0.4, -0.2) is 57.6 Å². The number of carboxylic acid groups (broad SMARTS) is 1. The first-order valence-corrected chi connectivity index (χ1v) is 8.63. The van der Waals surface area contributed by atoms with Gasteiger partial charge in [0.2, 0.25) is 0 Å². The van der Waals surface area contributed by atoms with E-state index in [0.29, 0.717) is 12.6 Å². The number of likely N-dealkylation sites (tertiary alicyclic amines) is 2. The third-order valence-corrected chi connectivity index (χ3v) is 5.48. The molecule has 21 heavy (non-hydrogen) atoms. The molecule has 0 radical (unpaired) electrons. The van der Waals surface area contributed by atoms with Crippen molar-refractivity contribution in [3.63, 3.8) is 0 Å². The van der Waals surface area contributed by atoms with Gasteiger partial charge in [-0.1, -0.05) is 0 Å². The summed E-state index contributed by atoms with van der Waals surface area (Å²) in [5, 5.41) is 12.7. The molecule has 0 aliphatic carbocycles. The van der Waals surface area contributed by atoms with Crippen molar-refractivity contribution >= 4 is 17.3 Å². The molecule has 2 fully saturated rings. The predicted molar refractivity (Wildman–Crippen MR) is 82.5 cm³/mol. The summed E-state index contributed by atoms with van der Waals surface area (Å²) in [6.07, 6.45) is 4.34. The number of aryl methyl sites for hydroxylation is 1. The maximum Gasteiger partial charge on any atom is 0.320 e. The molecule has 3 heterocycles. The van der Waals surface area contributed by atoms with Crippen LogP contribution in [0.3, 0.4) is 0 Å². The Balaban J connectivity index is 1.65. The van der Waals surface area contributed by atoms with Gasteiger partial charge in [0.25, 0.3) is 0 Å². The van der Waals surface area contributed by atoms with Crippen LogP contribution in [0.25, 0.3) is 0 Å². The highest BCUT2D eigenvalue weighted by Crippen LogP contribution is 2.26. The van der Waals surface area contributed by atoms with E-state index in [4.69, 9.17) is 0 Å². The summed E-state index contributed by atoms with van der Waals surface area (Å²) in [6, 6.07) is 0.0772. The Hall–Kier alpha value is -0.980. The molecule has 0 bridgehead atoms. The van der Waals surface area contributed by atoms with Crippen molar-refractivity contribution in [2.75, 3.05) is 19.6 Å². The maximum atomic E-state index is 11.6. The van der Waals surface area contributed by atoms with E-state index in [1.165, 1.54) is 12.8 Å². The average Bonchev–Trinajstić information content (AvgIpc) is 3.11. The van der Waals surface area contributed by atoms with Gasteiger partial charge < -0.3 is 10.0 Å². The van der Waals surface area contributed by atoms with Crippen molar-refractivity contribution in [3.8, 4) is 0 Å². The molecule has 2 aliphatic heterocycles. The Kier molecular flexibility index (Phi) is 4.57. The molecule has 0 aromatic carbocycles. The number of nitrogens with zero attached hydrogens (tertiary/aromatic N) is 3. The van der Waals surface area contributed by atoms with Gasteiger partial charge >= 0.3 is 5.97 Å². The number of aromatic nitrogens is 1. The summed E-state index contributed by atoms with van der Waals surface area (Å²) >= 11 is 1.63. The topological polar surface area (TPSA) is 56.7 Å². The molecule has 6 heteroatoms. The Morgan fingerprint density at radius 1 is 1.43 bits per heavy atom. The molecule has 1 aromatic rings. The van der Waals surface area contributed by atoms with Gasteiger partial charge in [-0.15, -0.1) is 11.3 Å². The van der Waals surface area contributed by atoms with Gasteiger partial charge in [0.15, 0.2) is 0 Å². The summed E-state index contributed by atoms with van der Waals surface area (Å²) < 4.78 is 0. The van der Waals surface area contributed by atoms with Crippen LogP contribution in [0.5, 0.6) is 0 Å². The summed E-state index contributed by atoms with van der Waals surface area (Å²) in [5.41, 5.74) is 1.00. The number of thiazole rings is 1. The molecule has 5 nitrogen and oxygen atoms in total. The standard InChI is InChI=1S/C15H23N3O2S/c1-11-16-12(10-21-11)9-18-7-4-13(8-14(18)15(19)20)17-5-2-3-6-17/h10,13-14H,2-9H2,1H3,(H,19,20)/t13-,14-/m0/s1. The molecule has 2 saturated heterocycles. The van der Waals surface area contributed by atoms with Crippen LogP contribution in [0.2, 0.25) is 0 Å². The van der Waals surface area contributed by atoms with Crippen LogP contribution in [0, 0.1) is 6.92 Å². The molecule has 0 spiro atoms. The normalized spacial score (nSPS) is 28.0. The van der Waals surface area contributed by atoms with E-state index in [2.05, 4.69) is 14.8 Å². The molecule has 1 aromatic heterocycles. The molecule has 0 saturated carbocycles. The second kappa shape index (κ2) is 6.42. The minimum Gasteiger partial charge on any atom is -0.480 e. The number of carboxylic acids is 1. The third-order valence-electron chi connectivity index (χ3n) is 4.66. The largest absolute Gasteiger partial charge is 0.480 e. The van der Waals surface area contributed by atoms with Crippen LogP contribution >= 0.6 is 11.3 Å². The van der Waals surface area contributed by atoms with Gasteiger partial charge in [-0.25, -0.2) is 4.98 Å². The van der Waals surface area contributed by atoms with Gasteiger partial charge in [0.1, 0.15) is 6.04 Å². The van der Waals surface area contributed by atoms with Crippen molar-refractivity contribution in [2.24, 2.45) is 0 Å². The maximum absolute atomic E-state index is 11.6. The highest BCUT2D eigenvalue weighted by Gasteiger charge is 2.36. The third kappa shape index (κ3) is 3.44. The van der Waals surface area contributed by atoms with Crippen LogP contribution < -0.4 is 0 Å². The summed E-state index contributed by atoms with van der Waals surface area (Å²) in [5.74, 6) is -0.689. The van der Waals surface area contributed by atoms with E-state index in [1.54, 1.807) is 11.3 Å². The summed E-state index contributed by atoms with van der Waals surface area (Å²) in [4.78, 5) is 20.7. The molecule has 3 rings (SSSR count). The molecule has 0 amide bonds. The zero-order valence-corrected chi connectivity index (χ0v) is 13.3. The van der Waals surface area contributed by atoms with Crippen LogP contribution in [-0.2, 0) is 11.3 Å². The lowest BCUT2D eigenvalue weighted by atomic mass is 9.95. The SMILES string of the molecule is Cc1nc(CN2CC[C@H](N3CCCC3)C[C@H]2C(=O)O)cs1. The smallest absolute Gasteiger partial charge is 0.320 e. The zero-order valence-electron chi connectivity index (χ0n) is 12.5. The fourth-order valence-corrected chi connectivity index (χ4v) is 4.17. The molecule has 116 valence electrons. The molecule has 1 N–H and O–H groups in total. The van der Waals surface area contributed by atoms with Crippen LogP contribution in [0.15, 0.2) is 5.38 Å². The van der Waals surface area contributed by atoms with Crippen molar-refractivity contribution in [3.05, 3.63) is 16.1 Å². The second-order valence-electron chi connectivity index (χ2n) is 6.10. The number of aliphatic carboxylic acids is 1. The monoisotopic (exact) mass is 309 g/mol. The van der Waals surface area contributed by atoms with E-state index in [-0.39, 0.29) is 6.04 Å². The summed E-state index contributed by atoms with van der Waals surface area (Å²) in [6.45, 7) is 5.79. The highest BCUT2D eigenvalue weighted by molar-refractivity contribution is 7.09. The molecule has 2 atom stereocenters. The highest BCUT2D eigenvalue weighted by atomic mass is 32.1. The fraction of sp³-hybridized carbons (Fsp3) is 0.733. The summed E-state index contributed by atoms with van der Waals surface area (Å²) in [7, 11) is 0. The average molecular weight is 309 g/mol. The van der Waals surface area contributed by atoms with E-state index in [9.17, 15) is 9.90 Å². The Bertz CT molecular complexity index is 499. The first kappa shape index (κ1) is 14.9. The van der Waals surface area contributed by atoms with E-state index in [0.717, 1.165) is 43.2 Å². The molecule has 0 unspecified atom stereocenters. The first-order chi connectivity index (χ1) is 10.1. The van der Waals surface area contributed by atoms with E-state index >= 15 is 0 Å². The van der Waals surface area contributed by atoms with Gasteiger partial charge in [-0.2, -0.15) is 0 Å². The van der Waals surface area contributed by atoms with Crippen molar-refractivity contribution in [1.29, 1.82) is 0 Å². The minimum atomic E-state index is -0.689. The fourth-order valence-electron chi connectivity index (χ4n) is 3.57. The van der Waals surface area contributed by atoms with Gasteiger partial charge in [0, 0.05) is 24.5 Å². The second-order valence-corrected chi connectivity index (χ2v) is 7.17. The van der Waals surface area contributed by atoms with E-state index < -0.39 is 5.97 Å². The van der Waals surface area contributed by atoms with E-state index in [1.807, 2.05) is 12.3 Å². The van der Waals surface area contributed by atoms with Gasteiger partial charge in [-0.3, -0.25) is 9.69 Å². The lowest BCUT2D eigenvalue weighted by Gasteiger charge is -2.40. The quantitative estimate of drug-likeness (QED) is 0.921. The lowest BCUT2D eigenvalue weighted by molar-refractivity contribution is -0.146. The minimum absolute atomic E-state index is 0.369. The number of piperidine rings is 1. The first-order valence-electron chi connectivity index (χ1n) is 7.75. The Morgan fingerprint density at radius 3 is 2.81 bits per heavy atom. The van der Waals surface area contributed by atoms with Crippen LogP contribution in [0.4, 0.5) is 0 Å².